The maximum Gasteiger partial charge on any atom is 0.307 e. The number of hydrogen-bond donors (Lipinski definition) is 1. The summed E-state index contributed by atoms with van der Waals surface area (Å²) in [6.45, 7) is 6.49. The maximum absolute atomic E-state index is 12.9. The summed E-state index contributed by atoms with van der Waals surface area (Å²) < 4.78 is 28.4. The van der Waals surface area contributed by atoms with Crippen molar-refractivity contribution < 1.29 is 18.3 Å². The zero-order valence-electron chi connectivity index (χ0n) is 13.1. The lowest BCUT2D eigenvalue weighted by Gasteiger charge is -2.33. The highest BCUT2D eigenvalue weighted by molar-refractivity contribution is 7.86. The van der Waals surface area contributed by atoms with Crippen LogP contribution in [0, 0.1) is 12.8 Å². The number of piperidine rings is 1. The molecule has 1 saturated heterocycles. The number of carbonyl (C=O) groups is 1. The van der Waals surface area contributed by atoms with Crippen LogP contribution in [0.1, 0.15) is 22.6 Å². The molecule has 1 unspecified atom stereocenters. The van der Waals surface area contributed by atoms with E-state index in [0.717, 1.165) is 9.75 Å². The molecule has 0 spiro atoms. The number of nitrogens with zero attached hydrogens (tertiary/aromatic N) is 2. The number of hydrogen-bond acceptors (Lipinski definition) is 4. The second-order valence-corrected chi connectivity index (χ2v) is 8.94. The van der Waals surface area contributed by atoms with Crippen molar-refractivity contribution >= 4 is 27.5 Å². The van der Waals surface area contributed by atoms with E-state index >= 15 is 0 Å². The number of aryl methyl sites for hydroxylation is 1. The van der Waals surface area contributed by atoms with Gasteiger partial charge in [0, 0.05) is 35.9 Å². The Bertz CT molecular complexity index is 669. The smallest absolute Gasteiger partial charge is 0.307 e. The first-order valence-electron chi connectivity index (χ1n) is 7.49. The Labute approximate surface area is 141 Å². The molecule has 1 aliphatic heterocycles. The van der Waals surface area contributed by atoms with Crippen LogP contribution in [0.4, 0.5) is 0 Å². The molecule has 0 saturated carbocycles. The van der Waals surface area contributed by atoms with Crippen LogP contribution in [0.3, 0.4) is 0 Å². The van der Waals surface area contributed by atoms with Gasteiger partial charge < -0.3 is 5.11 Å². The van der Waals surface area contributed by atoms with Gasteiger partial charge in [0.1, 0.15) is 0 Å². The molecule has 1 aliphatic rings. The van der Waals surface area contributed by atoms with E-state index in [1.807, 2.05) is 19.1 Å². The van der Waals surface area contributed by atoms with Gasteiger partial charge >= 0.3 is 5.97 Å². The standard InChI is InChI=1S/C15H22N2O4S2/c1-3-8-16(11-14-7-6-12(2)22-14)23(20,21)17-9-4-5-13(10-17)15(18)19/h3,6-7,13H,1,4-5,8-11H2,2H3,(H,18,19). The van der Waals surface area contributed by atoms with Crippen LogP contribution in [0.2, 0.25) is 0 Å². The fraction of sp³-hybridized carbons (Fsp3) is 0.533. The Morgan fingerprint density at radius 3 is 2.87 bits per heavy atom. The monoisotopic (exact) mass is 358 g/mol. The SMILES string of the molecule is C=CCN(Cc1ccc(C)s1)S(=O)(=O)N1CCCC(C(=O)O)C1. The molecule has 0 aromatic carbocycles. The highest BCUT2D eigenvalue weighted by Crippen LogP contribution is 2.24. The summed E-state index contributed by atoms with van der Waals surface area (Å²) in [7, 11) is -3.70. The fourth-order valence-electron chi connectivity index (χ4n) is 2.65. The minimum absolute atomic E-state index is 0.0365. The van der Waals surface area contributed by atoms with Gasteiger partial charge in [-0.25, -0.2) is 0 Å². The van der Waals surface area contributed by atoms with Gasteiger partial charge in [0.25, 0.3) is 10.2 Å². The van der Waals surface area contributed by atoms with E-state index in [-0.39, 0.29) is 19.6 Å². The molecule has 0 amide bonds. The van der Waals surface area contributed by atoms with Gasteiger partial charge in [-0.1, -0.05) is 6.08 Å². The fourth-order valence-corrected chi connectivity index (χ4v) is 5.28. The van der Waals surface area contributed by atoms with Crippen molar-refractivity contribution in [3.8, 4) is 0 Å². The number of thiophene rings is 1. The molecule has 0 aliphatic carbocycles. The van der Waals surface area contributed by atoms with Crippen molar-refractivity contribution in [3.63, 3.8) is 0 Å². The van der Waals surface area contributed by atoms with Crippen molar-refractivity contribution in [1.82, 2.24) is 8.61 Å². The second-order valence-electron chi connectivity index (χ2n) is 5.64. The highest BCUT2D eigenvalue weighted by Gasteiger charge is 2.35. The van der Waals surface area contributed by atoms with Crippen molar-refractivity contribution in [3.05, 3.63) is 34.5 Å². The quantitative estimate of drug-likeness (QED) is 0.757. The third kappa shape index (κ3) is 4.41. The van der Waals surface area contributed by atoms with E-state index in [0.29, 0.717) is 19.4 Å². The zero-order valence-corrected chi connectivity index (χ0v) is 14.8. The van der Waals surface area contributed by atoms with Crippen LogP contribution in [0.15, 0.2) is 24.8 Å². The summed E-state index contributed by atoms with van der Waals surface area (Å²) in [5.74, 6) is -1.57. The molecular formula is C15H22N2O4S2. The third-order valence-electron chi connectivity index (χ3n) is 3.85. The predicted molar refractivity (Wildman–Crippen MR) is 90.5 cm³/mol. The van der Waals surface area contributed by atoms with Crippen molar-refractivity contribution in [2.24, 2.45) is 5.92 Å². The van der Waals surface area contributed by atoms with Crippen LogP contribution in [0.25, 0.3) is 0 Å². The van der Waals surface area contributed by atoms with E-state index in [4.69, 9.17) is 5.11 Å². The Morgan fingerprint density at radius 2 is 2.30 bits per heavy atom. The van der Waals surface area contributed by atoms with Gasteiger partial charge in [0.15, 0.2) is 0 Å². The largest absolute Gasteiger partial charge is 0.481 e. The molecule has 0 bridgehead atoms. The van der Waals surface area contributed by atoms with Crippen LogP contribution in [0.5, 0.6) is 0 Å². The summed E-state index contributed by atoms with van der Waals surface area (Å²) in [6, 6.07) is 3.88. The molecular weight excluding hydrogens is 336 g/mol. The molecule has 128 valence electrons. The summed E-state index contributed by atoms with van der Waals surface area (Å²) in [6.07, 6.45) is 2.64. The van der Waals surface area contributed by atoms with Gasteiger partial charge in [0.2, 0.25) is 0 Å². The molecule has 6 nitrogen and oxygen atoms in total. The van der Waals surface area contributed by atoms with Crippen LogP contribution >= 0.6 is 11.3 Å². The minimum atomic E-state index is -3.70. The van der Waals surface area contributed by atoms with Gasteiger partial charge in [-0.05, 0) is 31.9 Å². The van der Waals surface area contributed by atoms with Gasteiger partial charge in [0.05, 0.1) is 5.92 Å². The van der Waals surface area contributed by atoms with Crippen LogP contribution in [-0.2, 0) is 21.5 Å². The van der Waals surface area contributed by atoms with Crippen LogP contribution in [-0.4, -0.2) is 47.7 Å². The maximum atomic E-state index is 12.9. The zero-order chi connectivity index (χ0) is 17.0. The van der Waals surface area contributed by atoms with Crippen molar-refractivity contribution in [1.29, 1.82) is 0 Å². The van der Waals surface area contributed by atoms with Gasteiger partial charge in [-0.3, -0.25) is 4.79 Å². The van der Waals surface area contributed by atoms with E-state index < -0.39 is 22.1 Å². The molecule has 2 heterocycles. The summed E-state index contributed by atoms with van der Waals surface area (Å²) in [5, 5.41) is 9.15. The Balaban J connectivity index is 2.18. The van der Waals surface area contributed by atoms with Gasteiger partial charge in [-0.2, -0.15) is 17.0 Å². The summed E-state index contributed by atoms with van der Waals surface area (Å²) in [5.41, 5.74) is 0. The van der Waals surface area contributed by atoms with E-state index in [1.54, 1.807) is 17.4 Å². The molecule has 8 heteroatoms. The first-order valence-corrected chi connectivity index (χ1v) is 9.70. The highest BCUT2D eigenvalue weighted by atomic mass is 32.2. The summed E-state index contributed by atoms with van der Waals surface area (Å²) >= 11 is 1.56. The average molecular weight is 358 g/mol. The number of carboxylic acid groups (broad SMARTS) is 1. The van der Waals surface area contributed by atoms with E-state index in [2.05, 4.69) is 6.58 Å². The summed E-state index contributed by atoms with van der Waals surface area (Å²) in [4.78, 5) is 13.2. The lowest BCUT2D eigenvalue weighted by atomic mass is 10.0. The molecule has 1 aromatic rings. The van der Waals surface area contributed by atoms with Crippen LogP contribution < -0.4 is 0 Å². The molecule has 1 atom stereocenters. The van der Waals surface area contributed by atoms with Crippen molar-refractivity contribution in [2.45, 2.75) is 26.3 Å². The Kier molecular flexibility index (Phi) is 5.96. The number of aliphatic carboxylic acids is 1. The lowest BCUT2D eigenvalue weighted by molar-refractivity contribution is -0.142. The van der Waals surface area contributed by atoms with E-state index in [9.17, 15) is 13.2 Å². The first-order chi connectivity index (χ1) is 10.8. The number of carboxylic acids is 1. The topological polar surface area (TPSA) is 77.9 Å². The molecule has 1 fully saturated rings. The molecule has 1 N–H and O–H groups in total. The lowest BCUT2D eigenvalue weighted by Crippen LogP contribution is -2.48. The third-order valence-corrected chi connectivity index (χ3v) is 6.75. The minimum Gasteiger partial charge on any atom is -0.481 e. The van der Waals surface area contributed by atoms with E-state index in [1.165, 1.54) is 8.61 Å². The molecule has 1 aromatic heterocycles. The average Bonchev–Trinajstić information content (AvgIpc) is 2.92. The Morgan fingerprint density at radius 1 is 1.57 bits per heavy atom. The van der Waals surface area contributed by atoms with Crippen molar-refractivity contribution in [2.75, 3.05) is 19.6 Å². The second kappa shape index (κ2) is 7.57. The predicted octanol–water partition coefficient (Wildman–Crippen LogP) is 2.09. The molecule has 0 radical (unpaired) electrons. The normalized spacial score (nSPS) is 19.8. The molecule has 2 rings (SSSR count). The first kappa shape index (κ1) is 18.1. The Hall–Kier alpha value is -1.22. The number of rotatable bonds is 7. The van der Waals surface area contributed by atoms with Gasteiger partial charge in [-0.15, -0.1) is 17.9 Å². The molecule has 23 heavy (non-hydrogen) atoms.